The molecule has 0 unspecified atom stereocenters. The van der Waals surface area contributed by atoms with Gasteiger partial charge in [0.05, 0.1) is 5.66 Å². The average Bonchev–Trinajstić information content (AvgIpc) is 2.01. The first kappa shape index (κ1) is 11.1. The minimum atomic E-state index is -4.28. The molecule has 78 valence electrons. The van der Waals surface area contributed by atoms with Crippen LogP contribution in [0.3, 0.4) is 0 Å². The maximum Gasteiger partial charge on any atom is 0.294 e. The molecule has 0 spiro atoms. The molecule has 6 heteroatoms. The second kappa shape index (κ2) is 3.32. The predicted molar refractivity (Wildman–Crippen MR) is 52.0 cm³/mol. The maximum absolute atomic E-state index is 10.9. The number of hydrogen-bond acceptors (Lipinski definition) is 4. The summed E-state index contributed by atoms with van der Waals surface area (Å²) in [5, 5.41) is 0. The number of rotatable bonds is 2. The number of hydrogen-bond donors (Lipinski definition) is 3. The molecule has 0 amide bonds. The zero-order valence-corrected chi connectivity index (χ0v) is 8.45. The van der Waals surface area contributed by atoms with Crippen LogP contribution in [0.1, 0.15) is 12.5 Å². The van der Waals surface area contributed by atoms with E-state index in [4.69, 9.17) is 16.0 Å². The molecule has 5 N–H and O–H groups in total. The third-order valence-corrected chi connectivity index (χ3v) is 2.66. The van der Waals surface area contributed by atoms with E-state index in [0.717, 1.165) is 0 Å². The first-order valence-electron chi connectivity index (χ1n) is 3.87. The lowest BCUT2D eigenvalue weighted by Gasteiger charge is -2.21. The van der Waals surface area contributed by atoms with Crippen molar-refractivity contribution in [1.82, 2.24) is 0 Å². The van der Waals surface area contributed by atoms with Crippen molar-refractivity contribution in [2.75, 3.05) is 0 Å². The fourth-order valence-electron chi connectivity index (χ4n) is 1.14. The molecule has 0 aromatic heterocycles. The zero-order valence-electron chi connectivity index (χ0n) is 7.64. The number of nitrogens with two attached hydrogens (primary N) is 2. The summed E-state index contributed by atoms with van der Waals surface area (Å²) in [6, 6.07) is 5.80. The molecule has 0 fully saturated rings. The van der Waals surface area contributed by atoms with Gasteiger partial charge in [-0.2, -0.15) is 8.42 Å². The molecule has 0 heterocycles. The quantitative estimate of drug-likeness (QED) is 0.477. The average molecular weight is 216 g/mol. The number of benzene rings is 1. The summed E-state index contributed by atoms with van der Waals surface area (Å²) in [4.78, 5) is -0.257. The molecule has 1 aromatic carbocycles. The van der Waals surface area contributed by atoms with Crippen LogP contribution in [0, 0.1) is 0 Å². The van der Waals surface area contributed by atoms with Gasteiger partial charge in [-0.05, 0) is 13.0 Å². The molecule has 0 aliphatic heterocycles. The van der Waals surface area contributed by atoms with Gasteiger partial charge in [-0.15, -0.1) is 0 Å². The molecule has 0 radical (unpaired) electrons. The lowest BCUT2D eigenvalue weighted by Crippen LogP contribution is -2.43. The van der Waals surface area contributed by atoms with Crippen molar-refractivity contribution in [3.05, 3.63) is 29.8 Å². The van der Waals surface area contributed by atoms with Crippen LogP contribution in [0.25, 0.3) is 0 Å². The van der Waals surface area contributed by atoms with Crippen molar-refractivity contribution in [2.24, 2.45) is 11.5 Å². The van der Waals surface area contributed by atoms with E-state index in [1.54, 1.807) is 6.07 Å². The van der Waals surface area contributed by atoms with Gasteiger partial charge >= 0.3 is 0 Å². The van der Waals surface area contributed by atoms with E-state index in [2.05, 4.69) is 0 Å². The van der Waals surface area contributed by atoms with Crippen LogP contribution in [-0.2, 0) is 15.8 Å². The van der Waals surface area contributed by atoms with Gasteiger partial charge in [0.2, 0.25) is 0 Å². The minimum absolute atomic E-state index is 0.183. The molecular formula is C8H12N2O3S. The fourth-order valence-corrected chi connectivity index (χ4v) is 1.95. The second-order valence-corrected chi connectivity index (χ2v) is 4.64. The summed E-state index contributed by atoms with van der Waals surface area (Å²) in [6.45, 7) is 1.46. The van der Waals surface area contributed by atoms with E-state index in [0.29, 0.717) is 0 Å². The van der Waals surface area contributed by atoms with E-state index in [1.807, 2.05) is 0 Å². The Labute approximate surface area is 82.5 Å². The molecular weight excluding hydrogens is 204 g/mol. The second-order valence-electron chi connectivity index (χ2n) is 3.25. The molecule has 1 rings (SSSR count). The maximum atomic E-state index is 10.9. The van der Waals surface area contributed by atoms with Crippen molar-refractivity contribution in [3.63, 3.8) is 0 Å². The van der Waals surface area contributed by atoms with Crippen LogP contribution in [0.5, 0.6) is 0 Å². The monoisotopic (exact) mass is 216 g/mol. The van der Waals surface area contributed by atoms with Crippen LogP contribution in [0.4, 0.5) is 0 Å². The Morgan fingerprint density at radius 3 is 2.14 bits per heavy atom. The summed E-state index contributed by atoms with van der Waals surface area (Å²) in [5.41, 5.74) is 10.00. The Hall–Kier alpha value is -0.950. The molecule has 0 atom stereocenters. The first-order chi connectivity index (χ1) is 6.23. The highest BCUT2D eigenvalue weighted by Gasteiger charge is 2.24. The smallest absolute Gasteiger partial charge is 0.294 e. The minimum Gasteiger partial charge on any atom is -0.310 e. The van der Waals surface area contributed by atoms with Gasteiger partial charge in [0, 0.05) is 5.56 Å². The molecule has 14 heavy (non-hydrogen) atoms. The van der Waals surface area contributed by atoms with Gasteiger partial charge in [0.1, 0.15) is 4.90 Å². The highest BCUT2D eigenvalue weighted by atomic mass is 32.2. The SMILES string of the molecule is CC(N)(N)c1ccccc1S(=O)(=O)O. The largest absolute Gasteiger partial charge is 0.310 e. The molecule has 0 aliphatic rings. The van der Waals surface area contributed by atoms with Crippen LogP contribution in [0.2, 0.25) is 0 Å². The highest BCUT2D eigenvalue weighted by molar-refractivity contribution is 7.85. The molecule has 0 bridgehead atoms. The molecule has 1 aromatic rings. The van der Waals surface area contributed by atoms with E-state index >= 15 is 0 Å². The van der Waals surface area contributed by atoms with Crippen molar-refractivity contribution >= 4 is 10.1 Å². The van der Waals surface area contributed by atoms with E-state index in [-0.39, 0.29) is 10.5 Å². The lowest BCUT2D eigenvalue weighted by atomic mass is 10.0. The van der Waals surface area contributed by atoms with E-state index < -0.39 is 15.8 Å². The van der Waals surface area contributed by atoms with Gasteiger partial charge < -0.3 is 11.5 Å². The third-order valence-electron chi connectivity index (χ3n) is 1.75. The zero-order chi connectivity index (χ0) is 11.0. The molecule has 0 aliphatic carbocycles. The van der Waals surface area contributed by atoms with Gasteiger partial charge in [0.25, 0.3) is 10.1 Å². The Balaban J connectivity index is 3.47. The third kappa shape index (κ3) is 2.30. The van der Waals surface area contributed by atoms with Gasteiger partial charge in [-0.1, -0.05) is 18.2 Å². The van der Waals surface area contributed by atoms with Crippen LogP contribution >= 0.6 is 0 Å². The van der Waals surface area contributed by atoms with Crippen LogP contribution in [-0.4, -0.2) is 13.0 Å². The normalized spacial score (nSPS) is 12.9. The van der Waals surface area contributed by atoms with Crippen molar-refractivity contribution in [1.29, 1.82) is 0 Å². The van der Waals surface area contributed by atoms with Crippen LogP contribution in [0.15, 0.2) is 29.2 Å². The van der Waals surface area contributed by atoms with Gasteiger partial charge in [0.15, 0.2) is 0 Å². The Bertz CT molecular complexity index is 434. The predicted octanol–water partition coefficient (Wildman–Crippen LogP) is 0.0234. The van der Waals surface area contributed by atoms with Crippen molar-refractivity contribution in [3.8, 4) is 0 Å². The van der Waals surface area contributed by atoms with Gasteiger partial charge in [-0.3, -0.25) is 4.55 Å². The summed E-state index contributed by atoms with van der Waals surface area (Å²) >= 11 is 0. The fraction of sp³-hybridized carbons (Fsp3) is 0.250. The lowest BCUT2D eigenvalue weighted by molar-refractivity contribution is 0.467. The van der Waals surface area contributed by atoms with Gasteiger partial charge in [-0.25, -0.2) is 0 Å². The Morgan fingerprint density at radius 2 is 1.79 bits per heavy atom. The summed E-state index contributed by atoms with van der Waals surface area (Å²) in [6.07, 6.45) is 0. The topological polar surface area (TPSA) is 106 Å². The van der Waals surface area contributed by atoms with E-state index in [9.17, 15) is 8.42 Å². The van der Waals surface area contributed by atoms with E-state index in [1.165, 1.54) is 25.1 Å². The Morgan fingerprint density at radius 1 is 1.29 bits per heavy atom. The first-order valence-corrected chi connectivity index (χ1v) is 5.31. The summed E-state index contributed by atoms with van der Waals surface area (Å²) in [5.74, 6) is 0. The Kier molecular flexibility index (Phi) is 2.64. The molecule has 0 saturated heterocycles. The summed E-state index contributed by atoms with van der Waals surface area (Å²) < 4.78 is 30.8. The molecule has 5 nitrogen and oxygen atoms in total. The standard InChI is InChI=1S/C8H12N2O3S/c1-8(9,10)6-4-2-3-5-7(6)14(11,12)13/h2-5H,9-10H2,1H3,(H,11,12,13). The van der Waals surface area contributed by atoms with Crippen LogP contribution < -0.4 is 11.5 Å². The molecule has 0 saturated carbocycles. The highest BCUT2D eigenvalue weighted by Crippen LogP contribution is 2.21. The van der Waals surface area contributed by atoms with Crippen molar-refractivity contribution in [2.45, 2.75) is 17.5 Å². The summed E-state index contributed by atoms with van der Waals surface area (Å²) in [7, 11) is -4.28. The van der Waals surface area contributed by atoms with Crippen molar-refractivity contribution < 1.29 is 13.0 Å².